The molecule has 0 radical (unpaired) electrons. The Labute approximate surface area is 196 Å². The van der Waals surface area contributed by atoms with Crippen LogP contribution in [0.4, 0.5) is 5.69 Å². The highest BCUT2D eigenvalue weighted by Crippen LogP contribution is 2.34. The smallest absolute Gasteiger partial charge is 0.324 e. The summed E-state index contributed by atoms with van der Waals surface area (Å²) in [6, 6.07) is 7.82. The Bertz CT molecular complexity index is 1200. The topological polar surface area (TPSA) is 138 Å². The number of carbonyl (C=O) groups is 2. The Hall–Kier alpha value is -3.51. The van der Waals surface area contributed by atoms with Gasteiger partial charge in [-0.05, 0) is 30.2 Å². The maximum atomic E-state index is 12.9. The molecule has 2 aromatic carbocycles. The largest absolute Gasteiger partial charge is 0.486 e. The minimum atomic E-state index is -4.09. The van der Waals surface area contributed by atoms with Gasteiger partial charge < -0.3 is 29.0 Å². The number of nitrogens with one attached hydrogen (secondary N) is 2. The third kappa shape index (κ3) is 5.34. The van der Waals surface area contributed by atoms with E-state index in [1.165, 1.54) is 18.2 Å². The van der Waals surface area contributed by atoms with Crippen LogP contribution in [0.15, 0.2) is 41.3 Å². The van der Waals surface area contributed by atoms with Crippen LogP contribution in [0.5, 0.6) is 23.0 Å². The number of hydrogen-bond donors (Lipinski definition) is 2. The van der Waals surface area contributed by atoms with Gasteiger partial charge in [0.2, 0.25) is 16.8 Å². The number of rotatable bonds is 8. The van der Waals surface area contributed by atoms with Crippen molar-refractivity contribution in [3.8, 4) is 23.0 Å². The third-order valence-corrected chi connectivity index (χ3v) is 6.47. The summed E-state index contributed by atoms with van der Waals surface area (Å²) >= 11 is 0. The Morgan fingerprint density at radius 2 is 1.59 bits per heavy atom. The number of amides is 1. The van der Waals surface area contributed by atoms with E-state index in [2.05, 4.69) is 10.0 Å². The fourth-order valence-electron chi connectivity index (χ4n) is 3.28. The average Bonchev–Trinajstić information content (AvgIpc) is 3.28. The predicted molar refractivity (Wildman–Crippen MR) is 119 cm³/mol. The minimum absolute atomic E-state index is 0.0873. The highest BCUT2D eigenvalue weighted by Gasteiger charge is 2.31. The number of benzene rings is 2. The monoisotopic (exact) mass is 492 g/mol. The van der Waals surface area contributed by atoms with Crippen LogP contribution in [0.3, 0.4) is 0 Å². The van der Waals surface area contributed by atoms with Gasteiger partial charge in [0.05, 0.1) is 4.90 Å². The van der Waals surface area contributed by atoms with E-state index in [-0.39, 0.29) is 11.7 Å². The quantitative estimate of drug-likeness (QED) is 0.527. The van der Waals surface area contributed by atoms with Gasteiger partial charge in [-0.15, -0.1) is 0 Å². The number of ether oxygens (including phenoxy) is 5. The van der Waals surface area contributed by atoms with E-state index in [1.54, 1.807) is 32.0 Å². The van der Waals surface area contributed by atoms with E-state index >= 15 is 0 Å². The van der Waals surface area contributed by atoms with E-state index in [0.717, 1.165) is 0 Å². The molecule has 182 valence electrons. The van der Waals surface area contributed by atoms with Crippen LogP contribution in [0.25, 0.3) is 0 Å². The van der Waals surface area contributed by atoms with Gasteiger partial charge in [0.15, 0.2) is 29.6 Å². The Morgan fingerprint density at radius 1 is 0.941 bits per heavy atom. The highest BCUT2D eigenvalue weighted by molar-refractivity contribution is 7.89. The van der Waals surface area contributed by atoms with Crippen LogP contribution in [0.2, 0.25) is 0 Å². The number of carbonyl (C=O) groups excluding carboxylic acids is 2. The Kier molecular flexibility index (Phi) is 6.80. The van der Waals surface area contributed by atoms with Crippen molar-refractivity contribution in [3.63, 3.8) is 0 Å². The minimum Gasteiger partial charge on any atom is -0.486 e. The van der Waals surface area contributed by atoms with Crippen molar-refractivity contribution in [1.29, 1.82) is 0 Å². The summed E-state index contributed by atoms with van der Waals surface area (Å²) in [5, 5.41) is 2.58. The molecule has 0 spiro atoms. The summed E-state index contributed by atoms with van der Waals surface area (Å²) in [5.74, 6) is -0.119. The number of fused-ring (bicyclic) bond motifs is 2. The summed E-state index contributed by atoms with van der Waals surface area (Å²) in [5.41, 5.74) is 0.435. The van der Waals surface area contributed by atoms with Crippen molar-refractivity contribution in [3.05, 3.63) is 36.4 Å². The molecular formula is C22H24N2O9S. The van der Waals surface area contributed by atoms with E-state index in [4.69, 9.17) is 23.7 Å². The van der Waals surface area contributed by atoms with Crippen molar-refractivity contribution in [2.45, 2.75) is 24.8 Å². The SMILES string of the molecule is CC(C)[C@@H](NS(=O)(=O)c1ccc2c(c1)OCCO2)C(=O)OCC(=O)Nc1ccc2c(c1)OCO2. The predicted octanol–water partition coefficient (Wildman–Crippen LogP) is 1.67. The summed E-state index contributed by atoms with van der Waals surface area (Å²) in [6.07, 6.45) is 0. The molecule has 12 heteroatoms. The van der Waals surface area contributed by atoms with E-state index < -0.39 is 40.5 Å². The standard InChI is InChI=1S/C22H24N2O9S/c1-13(2)21(24-34(27,28)15-4-6-16-19(10-15)30-8-7-29-16)22(26)31-11-20(25)23-14-3-5-17-18(9-14)33-12-32-17/h3-6,9-10,13,21,24H,7-8,11-12H2,1-2H3,(H,23,25)/t21-/m1/s1. The van der Waals surface area contributed by atoms with Crippen LogP contribution < -0.4 is 29.0 Å². The second kappa shape index (κ2) is 9.77. The molecular weight excluding hydrogens is 468 g/mol. The molecule has 0 bridgehead atoms. The van der Waals surface area contributed by atoms with Gasteiger partial charge in [0, 0.05) is 17.8 Å². The zero-order valence-corrected chi connectivity index (χ0v) is 19.3. The first-order chi connectivity index (χ1) is 16.2. The molecule has 2 aliphatic heterocycles. The lowest BCUT2D eigenvalue weighted by molar-refractivity contribution is -0.150. The molecule has 0 fully saturated rings. The second-order valence-electron chi connectivity index (χ2n) is 7.87. The van der Waals surface area contributed by atoms with Crippen molar-refractivity contribution >= 4 is 27.6 Å². The fourth-order valence-corrected chi connectivity index (χ4v) is 4.63. The van der Waals surface area contributed by atoms with Crippen molar-refractivity contribution in [2.75, 3.05) is 31.9 Å². The zero-order valence-electron chi connectivity index (χ0n) is 18.5. The van der Waals surface area contributed by atoms with Gasteiger partial charge in [-0.1, -0.05) is 13.8 Å². The van der Waals surface area contributed by atoms with Gasteiger partial charge >= 0.3 is 5.97 Å². The highest BCUT2D eigenvalue weighted by atomic mass is 32.2. The summed E-state index contributed by atoms with van der Waals surface area (Å²) in [4.78, 5) is 24.8. The summed E-state index contributed by atoms with van der Waals surface area (Å²) < 4.78 is 54.5. The first kappa shape index (κ1) is 23.6. The number of anilines is 1. The van der Waals surface area contributed by atoms with Crippen molar-refractivity contribution in [1.82, 2.24) is 4.72 Å². The lowest BCUT2D eigenvalue weighted by Crippen LogP contribution is -2.45. The maximum Gasteiger partial charge on any atom is 0.324 e. The lowest BCUT2D eigenvalue weighted by atomic mass is 10.1. The molecule has 0 saturated carbocycles. The van der Waals surface area contributed by atoms with Gasteiger partial charge in [-0.3, -0.25) is 9.59 Å². The lowest BCUT2D eigenvalue weighted by Gasteiger charge is -2.22. The molecule has 4 rings (SSSR count). The van der Waals surface area contributed by atoms with E-state index in [1.807, 2.05) is 0 Å². The van der Waals surface area contributed by atoms with Crippen LogP contribution in [-0.4, -0.2) is 52.9 Å². The second-order valence-corrected chi connectivity index (χ2v) is 9.59. The molecule has 2 N–H and O–H groups in total. The van der Waals surface area contributed by atoms with Crippen LogP contribution in [-0.2, 0) is 24.3 Å². The molecule has 2 heterocycles. The van der Waals surface area contributed by atoms with Gasteiger partial charge in [-0.2, -0.15) is 4.72 Å². The molecule has 11 nitrogen and oxygen atoms in total. The van der Waals surface area contributed by atoms with E-state index in [0.29, 0.717) is 41.9 Å². The normalized spacial score (nSPS) is 15.0. The zero-order chi connectivity index (χ0) is 24.3. The first-order valence-electron chi connectivity index (χ1n) is 10.5. The molecule has 2 aromatic rings. The summed E-state index contributed by atoms with van der Waals surface area (Å²) in [7, 11) is -4.09. The Balaban J connectivity index is 1.37. The number of esters is 1. The summed E-state index contributed by atoms with van der Waals surface area (Å²) in [6.45, 7) is 3.50. The molecule has 34 heavy (non-hydrogen) atoms. The maximum absolute atomic E-state index is 12.9. The van der Waals surface area contributed by atoms with Crippen LogP contribution in [0, 0.1) is 5.92 Å². The van der Waals surface area contributed by atoms with Crippen LogP contribution >= 0.6 is 0 Å². The third-order valence-electron chi connectivity index (χ3n) is 5.03. The Morgan fingerprint density at radius 3 is 2.35 bits per heavy atom. The van der Waals surface area contributed by atoms with E-state index in [9.17, 15) is 18.0 Å². The van der Waals surface area contributed by atoms with Gasteiger partial charge in [0.25, 0.3) is 5.91 Å². The first-order valence-corrected chi connectivity index (χ1v) is 12.0. The van der Waals surface area contributed by atoms with Gasteiger partial charge in [-0.25, -0.2) is 8.42 Å². The average molecular weight is 493 g/mol. The van der Waals surface area contributed by atoms with Crippen LogP contribution in [0.1, 0.15) is 13.8 Å². The van der Waals surface area contributed by atoms with Crippen molar-refractivity contribution < 1.29 is 41.7 Å². The molecule has 2 aliphatic rings. The molecule has 1 amide bonds. The number of sulfonamides is 1. The number of hydrogen-bond acceptors (Lipinski definition) is 9. The molecule has 1 atom stereocenters. The fraction of sp³-hybridized carbons (Fsp3) is 0.364. The molecule has 0 unspecified atom stereocenters. The molecule has 0 saturated heterocycles. The van der Waals surface area contributed by atoms with Gasteiger partial charge in [0.1, 0.15) is 19.3 Å². The van der Waals surface area contributed by atoms with Crippen molar-refractivity contribution in [2.24, 2.45) is 5.92 Å². The molecule has 0 aliphatic carbocycles. The molecule has 0 aromatic heterocycles.